The number of rotatable bonds is 6. The molecule has 1 unspecified atom stereocenters. The number of hydrogen-bond acceptors (Lipinski definition) is 5. The third-order valence-electron chi connectivity index (χ3n) is 2.60. The van der Waals surface area contributed by atoms with Gasteiger partial charge in [0, 0.05) is 23.6 Å². The highest BCUT2D eigenvalue weighted by molar-refractivity contribution is 7.90. The van der Waals surface area contributed by atoms with Crippen LogP contribution in [0.4, 0.5) is 5.82 Å². The van der Waals surface area contributed by atoms with Gasteiger partial charge >= 0.3 is 0 Å². The smallest absolute Gasteiger partial charge is 0.251 e. The maximum absolute atomic E-state index is 12.1. The van der Waals surface area contributed by atoms with Gasteiger partial charge in [-0.2, -0.15) is 0 Å². The van der Waals surface area contributed by atoms with Crippen molar-refractivity contribution in [3.8, 4) is 0 Å². The summed E-state index contributed by atoms with van der Waals surface area (Å²) in [6.07, 6.45) is 2.78. The zero-order chi connectivity index (χ0) is 15.3. The van der Waals surface area contributed by atoms with E-state index in [0.717, 1.165) is 24.8 Å². The Morgan fingerprint density at radius 3 is 2.65 bits per heavy atom. The molecular weight excluding hydrogens is 278 g/mol. The summed E-state index contributed by atoms with van der Waals surface area (Å²) in [5, 5.41) is 2.65. The van der Waals surface area contributed by atoms with Crippen LogP contribution in [-0.4, -0.2) is 37.4 Å². The molecule has 0 bridgehead atoms. The number of nitrogens with one attached hydrogen (secondary N) is 1. The Labute approximate surface area is 119 Å². The van der Waals surface area contributed by atoms with E-state index in [2.05, 4.69) is 10.3 Å². The summed E-state index contributed by atoms with van der Waals surface area (Å²) in [6.45, 7) is 3.66. The zero-order valence-corrected chi connectivity index (χ0v) is 12.8. The second-order valence-electron chi connectivity index (χ2n) is 4.99. The molecule has 1 aromatic rings. The largest absolute Gasteiger partial charge is 0.384 e. The molecule has 0 aromatic carbocycles. The van der Waals surface area contributed by atoms with Crippen molar-refractivity contribution in [2.45, 2.75) is 32.7 Å². The second kappa shape index (κ2) is 6.69. The first-order chi connectivity index (χ1) is 9.21. The van der Waals surface area contributed by atoms with Crippen LogP contribution in [0.1, 0.15) is 36.3 Å². The monoisotopic (exact) mass is 299 g/mol. The van der Waals surface area contributed by atoms with Crippen LogP contribution in [0.5, 0.6) is 0 Å². The van der Waals surface area contributed by atoms with Gasteiger partial charge in [0.15, 0.2) is 0 Å². The number of pyridine rings is 1. The van der Waals surface area contributed by atoms with E-state index in [9.17, 15) is 13.2 Å². The average Bonchev–Trinajstić information content (AvgIpc) is 2.25. The number of anilines is 1. The number of amides is 1. The van der Waals surface area contributed by atoms with Gasteiger partial charge in [0.2, 0.25) is 0 Å². The van der Waals surface area contributed by atoms with Crippen LogP contribution < -0.4 is 11.1 Å². The topological polar surface area (TPSA) is 102 Å². The van der Waals surface area contributed by atoms with Gasteiger partial charge in [-0.05, 0) is 25.5 Å². The number of aryl methyl sites for hydroxylation is 1. The lowest BCUT2D eigenvalue weighted by atomic mass is 10.1. The van der Waals surface area contributed by atoms with Crippen molar-refractivity contribution in [1.82, 2.24) is 10.3 Å². The van der Waals surface area contributed by atoms with Crippen LogP contribution in [0.3, 0.4) is 0 Å². The molecule has 1 amide bonds. The number of nitrogens with zero attached hydrogens (tertiary/aromatic N) is 1. The first kappa shape index (κ1) is 16.4. The minimum atomic E-state index is -3.13. The van der Waals surface area contributed by atoms with E-state index in [1.165, 1.54) is 6.07 Å². The fourth-order valence-corrected chi connectivity index (χ4v) is 2.92. The first-order valence-corrected chi connectivity index (χ1v) is 8.52. The molecule has 0 saturated heterocycles. The van der Waals surface area contributed by atoms with Crippen molar-refractivity contribution >= 4 is 21.6 Å². The van der Waals surface area contributed by atoms with Crippen molar-refractivity contribution in [2.24, 2.45) is 0 Å². The fraction of sp³-hybridized carbons (Fsp3) is 0.538. The van der Waals surface area contributed by atoms with E-state index in [1.807, 2.05) is 6.92 Å². The van der Waals surface area contributed by atoms with E-state index in [4.69, 9.17) is 5.73 Å². The quantitative estimate of drug-likeness (QED) is 0.808. The maximum Gasteiger partial charge on any atom is 0.251 e. The lowest BCUT2D eigenvalue weighted by molar-refractivity contribution is 0.0943. The highest BCUT2D eigenvalue weighted by atomic mass is 32.2. The Balaban J connectivity index is 2.81. The lowest BCUT2D eigenvalue weighted by Crippen LogP contribution is -2.37. The summed E-state index contributed by atoms with van der Waals surface area (Å²) in [5.41, 5.74) is 6.83. The SMILES string of the molecule is CCCc1cc(C(=O)NC(C)CS(C)(=O)=O)cc(N)n1. The van der Waals surface area contributed by atoms with Crippen LogP contribution >= 0.6 is 0 Å². The Hall–Kier alpha value is -1.63. The molecule has 1 rings (SSSR count). The molecule has 3 N–H and O–H groups in total. The van der Waals surface area contributed by atoms with Crippen LogP contribution in [0.2, 0.25) is 0 Å². The minimum Gasteiger partial charge on any atom is -0.384 e. The first-order valence-electron chi connectivity index (χ1n) is 6.46. The number of nitrogens with two attached hydrogens (primary N) is 1. The summed E-state index contributed by atoms with van der Waals surface area (Å²) in [7, 11) is -3.13. The van der Waals surface area contributed by atoms with E-state index in [0.29, 0.717) is 5.56 Å². The van der Waals surface area contributed by atoms with Crippen LogP contribution in [0.15, 0.2) is 12.1 Å². The molecule has 0 saturated carbocycles. The van der Waals surface area contributed by atoms with Crippen molar-refractivity contribution in [2.75, 3.05) is 17.7 Å². The molecule has 7 heteroatoms. The number of aromatic nitrogens is 1. The molecule has 1 aromatic heterocycles. The number of nitrogen functional groups attached to an aromatic ring is 1. The van der Waals surface area contributed by atoms with Gasteiger partial charge in [0.25, 0.3) is 5.91 Å². The van der Waals surface area contributed by atoms with Crippen molar-refractivity contribution in [3.63, 3.8) is 0 Å². The normalized spacial score (nSPS) is 12.9. The van der Waals surface area contributed by atoms with E-state index in [-0.39, 0.29) is 17.5 Å². The van der Waals surface area contributed by atoms with Gasteiger partial charge in [-0.1, -0.05) is 13.3 Å². The zero-order valence-electron chi connectivity index (χ0n) is 12.0. The second-order valence-corrected chi connectivity index (χ2v) is 7.17. The summed E-state index contributed by atoms with van der Waals surface area (Å²) in [4.78, 5) is 16.2. The molecule has 0 aliphatic carbocycles. The number of hydrogen-bond donors (Lipinski definition) is 2. The molecule has 112 valence electrons. The van der Waals surface area contributed by atoms with Crippen LogP contribution in [-0.2, 0) is 16.3 Å². The van der Waals surface area contributed by atoms with Crippen LogP contribution in [0.25, 0.3) is 0 Å². The van der Waals surface area contributed by atoms with Crippen LogP contribution in [0, 0.1) is 0 Å². The Morgan fingerprint density at radius 2 is 2.10 bits per heavy atom. The summed E-state index contributed by atoms with van der Waals surface area (Å²) < 4.78 is 22.3. The fourth-order valence-electron chi connectivity index (χ4n) is 1.93. The Kier molecular flexibility index (Phi) is 5.50. The van der Waals surface area contributed by atoms with Gasteiger partial charge in [0.1, 0.15) is 15.7 Å². The molecule has 0 aliphatic heterocycles. The molecule has 0 spiro atoms. The highest BCUT2D eigenvalue weighted by Crippen LogP contribution is 2.10. The van der Waals surface area contributed by atoms with E-state index >= 15 is 0 Å². The maximum atomic E-state index is 12.1. The molecular formula is C13H21N3O3S. The predicted molar refractivity (Wildman–Crippen MR) is 79.3 cm³/mol. The average molecular weight is 299 g/mol. The van der Waals surface area contributed by atoms with E-state index < -0.39 is 15.9 Å². The van der Waals surface area contributed by atoms with Gasteiger partial charge in [-0.15, -0.1) is 0 Å². The standard InChI is InChI=1S/C13H21N3O3S/c1-4-5-11-6-10(7-12(14)16-11)13(17)15-9(2)8-20(3,18)19/h6-7,9H,4-5,8H2,1-3H3,(H2,14,16)(H,15,17). The van der Waals surface area contributed by atoms with Gasteiger partial charge in [0.05, 0.1) is 5.75 Å². The summed E-state index contributed by atoms with van der Waals surface area (Å²) in [6, 6.07) is 2.71. The molecule has 0 fully saturated rings. The number of carbonyl (C=O) groups is 1. The Bertz CT molecular complexity index is 585. The minimum absolute atomic E-state index is 0.0961. The van der Waals surface area contributed by atoms with Crippen molar-refractivity contribution < 1.29 is 13.2 Å². The predicted octanol–water partition coefficient (Wildman–Crippen LogP) is 0.779. The van der Waals surface area contributed by atoms with Gasteiger partial charge in [-0.25, -0.2) is 13.4 Å². The summed E-state index contributed by atoms with van der Waals surface area (Å²) in [5.74, 6) is -0.148. The third kappa shape index (κ3) is 5.56. The number of carbonyl (C=O) groups excluding carboxylic acids is 1. The molecule has 1 atom stereocenters. The Morgan fingerprint density at radius 1 is 1.45 bits per heavy atom. The van der Waals surface area contributed by atoms with Gasteiger partial charge in [-0.3, -0.25) is 4.79 Å². The third-order valence-corrected chi connectivity index (χ3v) is 3.70. The van der Waals surface area contributed by atoms with Crippen molar-refractivity contribution in [1.29, 1.82) is 0 Å². The highest BCUT2D eigenvalue weighted by Gasteiger charge is 2.15. The molecule has 6 nitrogen and oxygen atoms in total. The van der Waals surface area contributed by atoms with Crippen molar-refractivity contribution in [3.05, 3.63) is 23.4 Å². The number of sulfone groups is 1. The molecule has 20 heavy (non-hydrogen) atoms. The van der Waals surface area contributed by atoms with E-state index in [1.54, 1.807) is 13.0 Å². The van der Waals surface area contributed by atoms with Gasteiger partial charge < -0.3 is 11.1 Å². The lowest BCUT2D eigenvalue weighted by Gasteiger charge is -2.13. The summed E-state index contributed by atoms with van der Waals surface area (Å²) >= 11 is 0. The molecule has 0 radical (unpaired) electrons. The molecule has 1 heterocycles. The molecule has 0 aliphatic rings.